The molecule has 4 aromatic carbocycles. The number of para-hydroxylation sites is 1. The third kappa shape index (κ3) is 2.83. The average molecular weight is 419 g/mol. The molecule has 0 N–H and O–H groups in total. The third-order valence-corrected chi connectivity index (χ3v) is 7.19. The third-order valence-electron chi connectivity index (χ3n) is 7.19. The highest BCUT2D eigenvalue weighted by atomic mass is 16.7. The van der Waals surface area contributed by atoms with E-state index in [2.05, 4.69) is 117 Å². The van der Waals surface area contributed by atoms with Crippen LogP contribution in [-0.2, 0) is 9.31 Å². The Kier molecular flexibility index (Phi) is 4.11. The van der Waals surface area contributed by atoms with E-state index in [0.29, 0.717) is 0 Å². The highest BCUT2D eigenvalue weighted by Gasteiger charge is 2.51. The maximum Gasteiger partial charge on any atom is 0.494 e. The minimum Gasteiger partial charge on any atom is -0.399 e. The van der Waals surface area contributed by atoms with Crippen LogP contribution in [0.2, 0.25) is 0 Å². The maximum absolute atomic E-state index is 6.32. The summed E-state index contributed by atoms with van der Waals surface area (Å²) in [6, 6.07) is 30.3. The Hall–Kier alpha value is -3.08. The summed E-state index contributed by atoms with van der Waals surface area (Å²) in [7, 11) is -0.381. The summed E-state index contributed by atoms with van der Waals surface area (Å²) < 4.78 is 15.0. The van der Waals surface area contributed by atoms with Gasteiger partial charge >= 0.3 is 7.12 Å². The van der Waals surface area contributed by atoms with Gasteiger partial charge in [0.2, 0.25) is 0 Å². The van der Waals surface area contributed by atoms with Crippen LogP contribution in [0.4, 0.5) is 0 Å². The van der Waals surface area contributed by atoms with Crippen LogP contribution in [-0.4, -0.2) is 22.9 Å². The predicted molar refractivity (Wildman–Crippen MR) is 134 cm³/mol. The molecule has 0 atom stereocenters. The molecule has 1 saturated heterocycles. The molecule has 0 amide bonds. The molecule has 0 aliphatic carbocycles. The first kappa shape index (κ1) is 19.6. The molecule has 0 unspecified atom stereocenters. The standard InChI is InChI=1S/C28H26BNO2/c1-27(2)28(3,4)32-29(31-27)21-12-9-13-22(18-21)30-25-15-8-7-14-23(25)24-16-19-10-5-6-11-20(19)17-26(24)30/h5-18H,1-4H3. The molecule has 32 heavy (non-hydrogen) atoms. The molecule has 1 aromatic heterocycles. The number of rotatable bonds is 2. The van der Waals surface area contributed by atoms with Gasteiger partial charge in [-0.1, -0.05) is 54.6 Å². The first-order valence-corrected chi connectivity index (χ1v) is 11.2. The molecule has 6 rings (SSSR count). The van der Waals surface area contributed by atoms with E-state index in [4.69, 9.17) is 9.31 Å². The number of nitrogens with zero attached hydrogens (tertiary/aromatic N) is 1. The maximum atomic E-state index is 6.32. The van der Waals surface area contributed by atoms with Crippen molar-refractivity contribution >= 4 is 45.2 Å². The van der Waals surface area contributed by atoms with Crippen LogP contribution in [0.1, 0.15) is 27.7 Å². The highest BCUT2D eigenvalue weighted by molar-refractivity contribution is 6.62. The topological polar surface area (TPSA) is 23.4 Å². The SMILES string of the molecule is CC1(C)OB(c2cccc(-n3c4ccccc4c4cc5ccccc5cc43)c2)OC1(C)C. The van der Waals surface area contributed by atoms with Gasteiger partial charge in [-0.15, -0.1) is 0 Å². The summed E-state index contributed by atoms with van der Waals surface area (Å²) in [5.74, 6) is 0. The van der Waals surface area contributed by atoms with Crippen molar-refractivity contribution in [3.8, 4) is 5.69 Å². The van der Waals surface area contributed by atoms with Crippen LogP contribution in [0.15, 0.2) is 84.9 Å². The smallest absolute Gasteiger partial charge is 0.399 e. The zero-order chi connectivity index (χ0) is 22.1. The van der Waals surface area contributed by atoms with Gasteiger partial charge in [0, 0.05) is 16.5 Å². The van der Waals surface area contributed by atoms with E-state index >= 15 is 0 Å². The fourth-order valence-corrected chi connectivity index (χ4v) is 4.72. The van der Waals surface area contributed by atoms with Crippen molar-refractivity contribution in [3.63, 3.8) is 0 Å². The number of fused-ring (bicyclic) bond motifs is 4. The first-order chi connectivity index (χ1) is 15.3. The number of benzene rings is 4. The number of aromatic nitrogens is 1. The van der Waals surface area contributed by atoms with Crippen molar-refractivity contribution in [1.82, 2.24) is 4.57 Å². The molecular formula is C28H26BNO2. The molecule has 0 bridgehead atoms. The average Bonchev–Trinajstić information content (AvgIpc) is 3.21. The van der Waals surface area contributed by atoms with Crippen molar-refractivity contribution in [1.29, 1.82) is 0 Å². The molecule has 5 aromatic rings. The zero-order valence-electron chi connectivity index (χ0n) is 18.9. The summed E-state index contributed by atoms with van der Waals surface area (Å²) in [6.45, 7) is 8.37. The Labute approximate surface area is 188 Å². The van der Waals surface area contributed by atoms with Gasteiger partial charge in [0.1, 0.15) is 0 Å². The minimum atomic E-state index is -0.381. The van der Waals surface area contributed by atoms with E-state index in [1.807, 2.05) is 0 Å². The molecular weight excluding hydrogens is 393 g/mol. The van der Waals surface area contributed by atoms with E-state index < -0.39 is 0 Å². The van der Waals surface area contributed by atoms with Crippen LogP contribution in [0, 0.1) is 0 Å². The molecule has 0 spiro atoms. The normalized spacial score (nSPS) is 17.6. The molecule has 0 saturated carbocycles. The predicted octanol–water partition coefficient (Wildman–Crippen LogP) is 6.24. The van der Waals surface area contributed by atoms with Crippen molar-refractivity contribution in [2.45, 2.75) is 38.9 Å². The van der Waals surface area contributed by atoms with E-state index in [0.717, 1.165) is 11.2 Å². The molecule has 1 fully saturated rings. The van der Waals surface area contributed by atoms with Gasteiger partial charge in [0.05, 0.1) is 22.2 Å². The lowest BCUT2D eigenvalue weighted by atomic mass is 9.79. The van der Waals surface area contributed by atoms with Crippen LogP contribution < -0.4 is 5.46 Å². The van der Waals surface area contributed by atoms with Gasteiger partial charge in [0.15, 0.2) is 0 Å². The Bertz CT molecular complexity index is 1480. The van der Waals surface area contributed by atoms with Gasteiger partial charge in [0.25, 0.3) is 0 Å². The van der Waals surface area contributed by atoms with Crippen molar-refractivity contribution in [3.05, 3.63) is 84.9 Å². The van der Waals surface area contributed by atoms with Crippen molar-refractivity contribution in [2.75, 3.05) is 0 Å². The van der Waals surface area contributed by atoms with E-state index in [-0.39, 0.29) is 18.3 Å². The van der Waals surface area contributed by atoms with Gasteiger partial charge in [-0.05, 0) is 74.3 Å². The first-order valence-electron chi connectivity index (χ1n) is 11.2. The molecule has 0 radical (unpaired) electrons. The summed E-state index contributed by atoms with van der Waals surface area (Å²) in [6.07, 6.45) is 0. The lowest BCUT2D eigenvalue weighted by molar-refractivity contribution is 0.00578. The summed E-state index contributed by atoms with van der Waals surface area (Å²) in [5, 5.41) is 5.02. The molecule has 3 nitrogen and oxygen atoms in total. The van der Waals surface area contributed by atoms with Crippen LogP contribution in [0.5, 0.6) is 0 Å². The van der Waals surface area contributed by atoms with E-state index in [9.17, 15) is 0 Å². The summed E-state index contributed by atoms with van der Waals surface area (Å²) >= 11 is 0. The Morgan fingerprint density at radius 2 is 1.28 bits per heavy atom. The zero-order valence-corrected chi connectivity index (χ0v) is 18.9. The quantitative estimate of drug-likeness (QED) is 0.317. The monoisotopic (exact) mass is 419 g/mol. The lowest BCUT2D eigenvalue weighted by Crippen LogP contribution is -2.41. The second kappa shape index (κ2) is 6.71. The van der Waals surface area contributed by atoms with Crippen molar-refractivity contribution in [2.24, 2.45) is 0 Å². The molecule has 1 aliphatic heterocycles. The Morgan fingerprint density at radius 3 is 2.03 bits per heavy atom. The van der Waals surface area contributed by atoms with Gasteiger partial charge < -0.3 is 13.9 Å². The van der Waals surface area contributed by atoms with Crippen molar-refractivity contribution < 1.29 is 9.31 Å². The minimum absolute atomic E-state index is 0.362. The molecule has 2 heterocycles. The number of hydrogen-bond acceptors (Lipinski definition) is 2. The molecule has 4 heteroatoms. The summed E-state index contributed by atoms with van der Waals surface area (Å²) in [5.41, 5.74) is 3.82. The molecule has 158 valence electrons. The fourth-order valence-electron chi connectivity index (χ4n) is 4.72. The second-order valence-electron chi connectivity index (χ2n) is 9.75. The van der Waals surface area contributed by atoms with Gasteiger partial charge in [-0.3, -0.25) is 0 Å². The second-order valence-corrected chi connectivity index (χ2v) is 9.75. The lowest BCUT2D eigenvalue weighted by Gasteiger charge is -2.32. The Morgan fingerprint density at radius 1 is 0.625 bits per heavy atom. The summed E-state index contributed by atoms with van der Waals surface area (Å²) in [4.78, 5) is 0. The van der Waals surface area contributed by atoms with E-state index in [1.54, 1.807) is 0 Å². The van der Waals surface area contributed by atoms with Gasteiger partial charge in [-0.2, -0.15) is 0 Å². The van der Waals surface area contributed by atoms with Gasteiger partial charge in [-0.25, -0.2) is 0 Å². The Balaban J connectivity index is 1.57. The van der Waals surface area contributed by atoms with E-state index in [1.165, 1.54) is 32.6 Å². The largest absolute Gasteiger partial charge is 0.494 e. The van der Waals surface area contributed by atoms with Crippen LogP contribution in [0.25, 0.3) is 38.3 Å². The highest BCUT2D eigenvalue weighted by Crippen LogP contribution is 2.37. The fraction of sp³-hybridized carbons (Fsp3) is 0.214. The molecule has 1 aliphatic rings. The van der Waals surface area contributed by atoms with Crippen LogP contribution in [0.3, 0.4) is 0 Å². The number of hydrogen-bond donors (Lipinski definition) is 0. The van der Waals surface area contributed by atoms with Crippen LogP contribution >= 0.6 is 0 Å².